The van der Waals surface area contributed by atoms with Crippen molar-refractivity contribution in [2.75, 3.05) is 11.1 Å². The van der Waals surface area contributed by atoms with Crippen LogP contribution in [0.25, 0.3) is 0 Å². The molecule has 0 unspecified atom stereocenters. The molecule has 0 aliphatic carbocycles. The van der Waals surface area contributed by atoms with E-state index in [4.69, 9.17) is 10.3 Å². The Bertz CT molecular complexity index is 491. The maximum absolute atomic E-state index is 5.82. The van der Waals surface area contributed by atoms with Crippen LogP contribution in [0.1, 0.15) is 17.0 Å². The molecule has 0 amide bonds. The van der Waals surface area contributed by atoms with Crippen LogP contribution in [0.4, 0.5) is 11.4 Å². The standard InChI is InChI=1S/C12H15N3O/c1-8-3-4-10(6-12(8)13)14-7-11-5-9(2)15-16-11/h3-6,14H,7,13H2,1-2H3. The summed E-state index contributed by atoms with van der Waals surface area (Å²) in [4.78, 5) is 0. The summed E-state index contributed by atoms with van der Waals surface area (Å²) < 4.78 is 5.10. The molecule has 4 nitrogen and oxygen atoms in total. The highest BCUT2D eigenvalue weighted by Crippen LogP contribution is 2.17. The van der Waals surface area contributed by atoms with E-state index in [-0.39, 0.29) is 0 Å². The minimum absolute atomic E-state index is 0.614. The number of nitrogen functional groups attached to an aromatic ring is 1. The van der Waals surface area contributed by atoms with Gasteiger partial charge in [0.25, 0.3) is 0 Å². The highest BCUT2D eigenvalue weighted by Gasteiger charge is 2.01. The lowest BCUT2D eigenvalue weighted by molar-refractivity contribution is 0.384. The predicted molar refractivity (Wildman–Crippen MR) is 64.2 cm³/mol. The fourth-order valence-corrected chi connectivity index (χ4v) is 1.44. The van der Waals surface area contributed by atoms with Crippen molar-refractivity contribution in [1.29, 1.82) is 0 Å². The van der Waals surface area contributed by atoms with E-state index in [1.54, 1.807) is 0 Å². The lowest BCUT2D eigenvalue weighted by Crippen LogP contribution is -1.99. The molecule has 0 saturated heterocycles. The van der Waals surface area contributed by atoms with Gasteiger partial charge in [0.1, 0.15) is 0 Å². The smallest absolute Gasteiger partial charge is 0.156 e. The molecule has 3 N–H and O–H groups in total. The highest BCUT2D eigenvalue weighted by atomic mass is 16.5. The van der Waals surface area contributed by atoms with Crippen LogP contribution < -0.4 is 11.1 Å². The number of anilines is 2. The van der Waals surface area contributed by atoms with Crippen molar-refractivity contribution in [1.82, 2.24) is 5.16 Å². The molecule has 2 rings (SSSR count). The number of nitrogens with two attached hydrogens (primary N) is 1. The zero-order chi connectivity index (χ0) is 11.5. The van der Waals surface area contributed by atoms with E-state index >= 15 is 0 Å². The number of nitrogens with zero attached hydrogens (tertiary/aromatic N) is 1. The van der Waals surface area contributed by atoms with Crippen molar-refractivity contribution in [2.45, 2.75) is 20.4 Å². The van der Waals surface area contributed by atoms with E-state index in [0.717, 1.165) is 28.4 Å². The van der Waals surface area contributed by atoms with Gasteiger partial charge in [0.15, 0.2) is 5.76 Å². The van der Waals surface area contributed by atoms with E-state index in [1.165, 1.54) is 0 Å². The number of aryl methyl sites for hydroxylation is 2. The Morgan fingerprint density at radius 3 is 2.75 bits per heavy atom. The molecule has 2 aromatic rings. The average Bonchev–Trinajstić information content (AvgIpc) is 2.66. The summed E-state index contributed by atoms with van der Waals surface area (Å²) in [6.07, 6.45) is 0. The van der Waals surface area contributed by atoms with Crippen LogP contribution in [-0.4, -0.2) is 5.16 Å². The highest BCUT2D eigenvalue weighted by molar-refractivity contribution is 5.58. The third-order valence-electron chi connectivity index (χ3n) is 2.42. The molecule has 1 heterocycles. The first kappa shape index (κ1) is 10.5. The molecular weight excluding hydrogens is 202 g/mol. The first-order valence-electron chi connectivity index (χ1n) is 5.17. The first-order chi connectivity index (χ1) is 7.65. The molecule has 1 aromatic heterocycles. The zero-order valence-corrected chi connectivity index (χ0v) is 9.45. The van der Waals surface area contributed by atoms with Crippen molar-refractivity contribution in [3.05, 3.63) is 41.3 Å². The summed E-state index contributed by atoms with van der Waals surface area (Å²) >= 11 is 0. The average molecular weight is 217 g/mol. The number of aromatic nitrogens is 1. The SMILES string of the molecule is Cc1cc(CNc2ccc(C)c(N)c2)on1. The van der Waals surface area contributed by atoms with Gasteiger partial charge in [0.2, 0.25) is 0 Å². The molecule has 0 aliphatic rings. The van der Waals surface area contributed by atoms with Crippen molar-refractivity contribution < 1.29 is 4.52 Å². The van der Waals surface area contributed by atoms with Crippen LogP contribution >= 0.6 is 0 Å². The fraction of sp³-hybridized carbons (Fsp3) is 0.250. The largest absolute Gasteiger partial charge is 0.398 e. The molecule has 0 spiro atoms. The van der Waals surface area contributed by atoms with E-state index in [0.29, 0.717) is 6.54 Å². The van der Waals surface area contributed by atoms with Crippen molar-refractivity contribution >= 4 is 11.4 Å². The quantitative estimate of drug-likeness (QED) is 0.775. The van der Waals surface area contributed by atoms with Crippen LogP contribution in [0, 0.1) is 13.8 Å². The molecule has 0 bridgehead atoms. The van der Waals surface area contributed by atoms with E-state index in [2.05, 4.69) is 10.5 Å². The van der Waals surface area contributed by atoms with Gasteiger partial charge in [-0.05, 0) is 31.5 Å². The van der Waals surface area contributed by atoms with Crippen LogP contribution in [0.2, 0.25) is 0 Å². The number of benzene rings is 1. The maximum Gasteiger partial charge on any atom is 0.156 e. The normalized spacial score (nSPS) is 10.4. The van der Waals surface area contributed by atoms with Gasteiger partial charge in [-0.3, -0.25) is 0 Å². The second-order valence-electron chi connectivity index (χ2n) is 3.86. The van der Waals surface area contributed by atoms with Crippen LogP contribution in [0.15, 0.2) is 28.8 Å². The summed E-state index contributed by atoms with van der Waals surface area (Å²) in [7, 11) is 0. The zero-order valence-electron chi connectivity index (χ0n) is 9.45. The van der Waals surface area contributed by atoms with Crippen molar-refractivity contribution in [3.8, 4) is 0 Å². The van der Waals surface area contributed by atoms with Crippen LogP contribution in [-0.2, 0) is 6.54 Å². The van der Waals surface area contributed by atoms with E-state index in [9.17, 15) is 0 Å². The Hall–Kier alpha value is -1.97. The number of nitrogens with one attached hydrogen (secondary N) is 1. The van der Waals surface area contributed by atoms with E-state index < -0.39 is 0 Å². The minimum Gasteiger partial charge on any atom is -0.398 e. The number of rotatable bonds is 3. The maximum atomic E-state index is 5.82. The molecule has 4 heteroatoms. The molecule has 0 radical (unpaired) electrons. The molecule has 0 saturated carbocycles. The summed E-state index contributed by atoms with van der Waals surface area (Å²) in [6, 6.07) is 7.81. The Balaban J connectivity index is 2.02. The Labute approximate surface area is 94.4 Å². The van der Waals surface area contributed by atoms with Gasteiger partial charge in [0, 0.05) is 17.4 Å². The second-order valence-corrected chi connectivity index (χ2v) is 3.86. The summed E-state index contributed by atoms with van der Waals surface area (Å²) in [5, 5.41) is 7.05. The molecule has 16 heavy (non-hydrogen) atoms. The van der Waals surface area contributed by atoms with Gasteiger partial charge < -0.3 is 15.6 Å². The first-order valence-corrected chi connectivity index (χ1v) is 5.17. The van der Waals surface area contributed by atoms with Gasteiger partial charge in [-0.1, -0.05) is 11.2 Å². The van der Waals surface area contributed by atoms with Crippen LogP contribution in [0.5, 0.6) is 0 Å². The van der Waals surface area contributed by atoms with Gasteiger partial charge >= 0.3 is 0 Å². The Morgan fingerprint density at radius 1 is 1.31 bits per heavy atom. The number of hydrogen-bond donors (Lipinski definition) is 2. The lowest BCUT2D eigenvalue weighted by Gasteiger charge is -2.06. The Kier molecular flexibility index (Phi) is 2.81. The van der Waals surface area contributed by atoms with Crippen molar-refractivity contribution in [3.63, 3.8) is 0 Å². The van der Waals surface area contributed by atoms with Gasteiger partial charge in [-0.25, -0.2) is 0 Å². The third kappa shape index (κ3) is 2.34. The summed E-state index contributed by atoms with van der Waals surface area (Å²) in [5.74, 6) is 0.816. The third-order valence-corrected chi connectivity index (χ3v) is 2.42. The predicted octanol–water partition coefficient (Wildman–Crippen LogP) is 2.49. The van der Waals surface area contributed by atoms with Gasteiger partial charge in [-0.15, -0.1) is 0 Å². The summed E-state index contributed by atoms with van der Waals surface area (Å²) in [6.45, 7) is 4.50. The second kappa shape index (κ2) is 4.26. The fourth-order valence-electron chi connectivity index (χ4n) is 1.44. The van der Waals surface area contributed by atoms with Crippen molar-refractivity contribution in [2.24, 2.45) is 0 Å². The van der Waals surface area contributed by atoms with E-state index in [1.807, 2.05) is 38.1 Å². The molecule has 1 aromatic carbocycles. The number of hydrogen-bond acceptors (Lipinski definition) is 4. The molecule has 0 atom stereocenters. The Morgan fingerprint density at radius 2 is 2.12 bits per heavy atom. The monoisotopic (exact) mass is 217 g/mol. The minimum atomic E-state index is 0.614. The molecule has 84 valence electrons. The van der Waals surface area contributed by atoms with Gasteiger partial charge in [-0.2, -0.15) is 0 Å². The molecule has 0 aliphatic heterocycles. The molecule has 0 fully saturated rings. The lowest BCUT2D eigenvalue weighted by atomic mass is 10.2. The van der Waals surface area contributed by atoms with Crippen LogP contribution in [0.3, 0.4) is 0 Å². The topological polar surface area (TPSA) is 64.1 Å². The molecular formula is C12H15N3O. The summed E-state index contributed by atoms with van der Waals surface area (Å²) in [5.41, 5.74) is 9.57. The van der Waals surface area contributed by atoms with Gasteiger partial charge in [0.05, 0.1) is 12.2 Å².